The molecule has 35 heavy (non-hydrogen) atoms. The highest BCUT2D eigenvalue weighted by Crippen LogP contribution is 2.26. The van der Waals surface area contributed by atoms with E-state index < -0.39 is 0 Å². The molecule has 1 saturated heterocycles. The molecule has 0 radical (unpaired) electrons. The number of benzene rings is 1. The number of hydrogen-bond donors (Lipinski definition) is 1. The Morgan fingerprint density at radius 1 is 1.31 bits per heavy atom. The van der Waals surface area contributed by atoms with E-state index in [1.807, 2.05) is 36.4 Å². The Morgan fingerprint density at radius 3 is 2.89 bits per heavy atom. The molecular weight excluding hydrogens is 435 g/mol. The average Bonchev–Trinajstić information content (AvgIpc) is 3.30. The van der Waals surface area contributed by atoms with Crippen molar-refractivity contribution in [1.82, 2.24) is 15.1 Å². The third kappa shape index (κ3) is 7.54. The van der Waals surface area contributed by atoms with Gasteiger partial charge in [-0.15, -0.1) is 0 Å². The molecule has 1 fully saturated rings. The summed E-state index contributed by atoms with van der Waals surface area (Å²) >= 11 is 0. The van der Waals surface area contributed by atoms with Crippen molar-refractivity contribution >= 4 is 11.4 Å². The summed E-state index contributed by atoms with van der Waals surface area (Å²) in [6.07, 6.45) is 15.2. The first-order chi connectivity index (χ1) is 17.0. The Kier molecular flexibility index (Phi) is 10.6. The molecular formula is C30H45FN4. The summed E-state index contributed by atoms with van der Waals surface area (Å²) in [7, 11) is 1.96. The van der Waals surface area contributed by atoms with Gasteiger partial charge in [0.05, 0.1) is 0 Å². The number of likely N-dealkylation sites (tertiary alicyclic amines) is 1. The second-order valence-corrected chi connectivity index (χ2v) is 10.1. The fourth-order valence-corrected chi connectivity index (χ4v) is 5.31. The van der Waals surface area contributed by atoms with Gasteiger partial charge in [-0.25, -0.2) is 4.39 Å². The van der Waals surface area contributed by atoms with E-state index in [1.165, 1.54) is 45.2 Å². The monoisotopic (exact) mass is 480 g/mol. The first kappa shape index (κ1) is 27.2. The van der Waals surface area contributed by atoms with Crippen molar-refractivity contribution in [3.05, 3.63) is 65.9 Å². The van der Waals surface area contributed by atoms with E-state index in [1.54, 1.807) is 12.1 Å². The molecule has 2 unspecified atom stereocenters. The lowest BCUT2D eigenvalue weighted by Crippen LogP contribution is -2.35. The van der Waals surface area contributed by atoms with E-state index in [-0.39, 0.29) is 5.82 Å². The number of aliphatic imine (C=N–C) groups is 1. The van der Waals surface area contributed by atoms with Crippen LogP contribution >= 0.6 is 0 Å². The molecule has 1 aromatic rings. The number of unbranched alkanes of at least 4 members (excludes halogenated alkanes) is 1. The van der Waals surface area contributed by atoms with E-state index in [0.717, 1.165) is 60.6 Å². The molecule has 0 spiro atoms. The molecule has 0 saturated carbocycles. The quantitative estimate of drug-likeness (QED) is 0.335. The van der Waals surface area contributed by atoms with E-state index in [2.05, 4.69) is 37.6 Å². The third-order valence-electron chi connectivity index (χ3n) is 7.28. The van der Waals surface area contributed by atoms with Gasteiger partial charge in [-0.2, -0.15) is 0 Å². The second kappa shape index (κ2) is 13.6. The molecule has 0 amide bonds. The van der Waals surface area contributed by atoms with Crippen LogP contribution in [-0.4, -0.2) is 48.4 Å². The fourth-order valence-electron chi connectivity index (χ4n) is 5.31. The molecule has 1 N–H and O–H groups in total. The van der Waals surface area contributed by atoms with Gasteiger partial charge in [0.25, 0.3) is 0 Å². The molecule has 5 heteroatoms. The van der Waals surface area contributed by atoms with Crippen molar-refractivity contribution in [3.63, 3.8) is 0 Å². The lowest BCUT2D eigenvalue weighted by Gasteiger charge is -2.27. The molecule has 0 bridgehead atoms. The van der Waals surface area contributed by atoms with Crippen molar-refractivity contribution in [2.45, 2.75) is 78.2 Å². The molecule has 2 heterocycles. The van der Waals surface area contributed by atoms with Crippen LogP contribution in [0.2, 0.25) is 0 Å². The number of nitrogens with zero attached hydrogens (tertiary/aromatic N) is 3. The van der Waals surface area contributed by atoms with Crippen LogP contribution in [-0.2, 0) is 6.42 Å². The zero-order valence-corrected chi connectivity index (χ0v) is 22.3. The van der Waals surface area contributed by atoms with Gasteiger partial charge in [-0.05, 0) is 74.8 Å². The van der Waals surface area contributed by atoms with Crippen LogP contribution < -0.4 is 5.32 Å². The summed E-state index contributed by atoms with van der Waals surface area (Å²) in [5.74, 6) is 2.12. The van der Waals surface area contributed by atoms with E-state index in [4.69, 9.17) is 4.99 Å². The van der Waals surface area contributed by atoms with E-state index in [0.29, 0.717) is 5.56 Å². The SMILES string of the molecule is C=C/C(=C1/NC(=NCCCCC(C)CN2CCCC2CC)C=CN1C)c1cc(CCC)ccc1F. The molecule has 1 aromatic carbocycles. The lowest BCUT2D eigenvalue weighted by atomic mass is 9.99. The molecule has 2 aliphatic heterocycles. The number of halogens is 1. The first-order valence-corrected chi connectivity index (χ1v) is 13.6. The molecule has 0 aliphatic carbocycles. The summed E-state index contributed by atoms with van der Waals surface area (Å²) < 4.78 is 14.8. The van der Waals surface area contributed by atoms with Crippen molar-refractivity contribution in [1.29, 1.82) is 0 Å². The van der Waals surface area contributed by atoms with Crippen LogP contribution in [0.5, 0.6) is 0 Å². The highest BCUT2D eigenvalue weighted by molar-refractivity contribution is 5.96. The Labute approximate surface area is 212 Å². The van der Waals surface area contributed by atoms with Crippen molar-refractivity contribution in [2.75, 3.05) is 26.7 Å². The van der Waals surface area contributed by atoms with Gasteiger partial charge in [-0.3, -0.25) is 4.99 Å². The van der Waals surface area contributed by atoms with Gasteiger partial charge in [0.15, 0.2) is 0 Å². The predicted octanol–water partition coefficient (Wildman–Crippen LogP) is 6.76. The van der Waals surface area contributed by atoms with Crippen molar-refractivity contribution in [3.8, 4) is 0 Å². The van der Waals surface area contributed by atoms with Gasteiger partial charge >= 0.3 is 0 Å². The van der Waals surface area contributed by atoms with Crippen LogP contribution in [0.15, 0.2) is 53.9 Å². The van der Waals surface area contributed by atoms with Gasteiger partial charge < -0.3 is 15.1 Å². The number of hydrogen-bond acceptors (Lipinski definition) is 3. The number of amidine groups is 1. The minimum absolute atomic E-state index is 0.233. The van der Waals surface area contributed by atoms with Crippen LogP contribution in [0.4, 0.5) is 4.39 Å². The van der Waals surface area contributed by atoms with Gasteiger partial charge in [0.1, 0.15) is 17.5 Å². The van der Waals surface area contributed by atoms with Crippen LogP contribution in [0.25, 0.3) is 5.57 Å². The summed E-state index contributed by atoms with van der Waals surface area (Å²) in [4.78, 5) is 9.45. The maximum atomic E-state index is 14.8. The van der Waals surface area contributed by atoms with Crippen LogP contribution in [0.3, 0.4) is 0 Å². The standard InChI is InChI=1S/C30H45FN4/c1-6-12-24-15-16-28(31)27(21-24)26(8-3)30-33-29(17-20-34(30)5)32-18-10-9-13-23(4)22-35-19-11-14-25(35)7-2/h8,15-17,20-21,23,25H,3,6-7,9-14,18-19,22H2,1-2,4-5H3,(H,32,33)/b30-26+. The van der Waals surface area contributed by atoms with Crippen molar-refractivity contribution in [2.24, 2.45) is 10.9 Å². The highest BCUT2D eigenvalue weighted by Gasteiger charge is 2.23. The molecule has 4 nitrogen and oxygen atoms in total. The Bertz CT molecular complexity index is 932. The van der Waals surface area contributed by atoms with E-state index in [9.17, 15) is 4.39 Å². The van der Waals surface area contributed by atoms with Gasteiger partial charge in [-0.1, -0.05) is 52.3 Å². The maximum absolute atomic E-state index is 14.8. The highest BCUT2D eigenvalue weighted by atomic mass is 19.1. The largest absolute Gasteiger partial charge is 0.337 e. The zero-order valence-electron chi connectivity index (χ0n) is 22.3. The fraction of sp³-hybridized carbons (Fsp3) is 0.567. The van der Waals surface area contributed by atoms with Gasteiger partial charge in [0.2, 0.25) is 0 Å². The normalized spacial score (nSPS) is 21.9. The minimum atomic E-state index is -0.233. The van der Waals surface area contributed by atoms with Gasteiger partial charge in [0, 0.05) is 43.5 Å². The van der Waals surface area contributed by atoms with Crippen molar-refractivity contribution < 1.29 is 4.39 Å². The number of allylic oxidation sites excluding steroid dienone is 2. The molecule has 2 atom stereocenters. The maximum Gasteiger partial charge on any atom is 0.131 e. The zero-order chi connectivity index (χ0) is 25.2. The van der Waals surface area contributed by atoms with E-state index >= 15 is 0 Å². The minimum Gasteiger partial charge on any atom is -0.337 e. The predicted molar refractivity (Wildman–Crippen MR) is 148 cm³/mol. The molecule has 192 valence electrons. The Balaban J connectivity index is 1.57. The molecule has 2 aliphatic rings. The first-order valence-electron chi connectivity index (χ1n) is 13.6. The molecule has 0 aromatic heterocycles. The topological polar surface area (TPSA) is 30.9 Å². The summed E-state index contributed by atoms with van der Waals surface area (Å²) in [5.41, 5.74) is 2.46. The number of aryl methyl sites for hydroxylation is 1. The number of nitrogens with one attached hydrogen (secondary N) is 1. The Hall–Kier alpha value is -2.40. The average molecular weight is 481 g/mol. The summed E-state index contributed by atoms with van der Waals surface area (Å²) in [5, 5.41) is 3.41. The third-order valence-corrected chi connectivity index (χ3v) is 7.28. The lowest BCUT2D eigenvalue weighted by molar-refractivity contribution is 0.210. The second-order valence-electron chi connectivity index (χ2n) is 10.1. The summed E-state index contributed by atoms with van der Waals surface area (Å²) in [6.45, 7) is 14.1. The number of rotatable bonds is 12. The molecule has 3 rings (SSSR count). The van der Waals surface area contributed by atoms with Crippen LogP contribution in [0.1, 0.15) is 76.8 Å². The smallest absolute Gasteiger partial charge is 0.131 e. The summed E-state index contributed by atoms with van der Waals surface area (Å²) in [6, 6.07) is 6.17. The Morgan fingerprint density at radius 2 is 2.14 bits per heavy atom. The van der Waals surface area contributed by atoms with Crippen LogP contribution in [0, 0.1) is 11.7 Å².